The lowest BCUT2D eigenvalue weighted by Gasteiger charge is -2.19. The molecule has 0 unspecified atom stereocenters. The fourth-order valence-electron chi connectivity index (χ4n) is 3.05. The van der Waals surface area contributed by atoms with Gasteiger partial charge < -0.3 is 23.9 Å². The quantitative estimate of drug-likeness (QED) is 0.505. The first-order valence-electron chi connectivity index (χ1n) is 10.3. The van der Waals surface area contributed by atoms with Gasteiger partial charge in [0.05, 0.1) is 12.6 Å². The maximum Gasteiger partial charge on any atom is 0.325 e. The Balaban J connectivity index is 1.17. The maximum atomic E-state index is 13.0. The first kappa shape index (κ1) is 22.8. The zero-order chi connectivity index (χ0) is 23.9. The largest absolute Gasteiger partial charge is 0.486 e. The number of imide groups is 1. The molecule has 10 nitrogen and oxygen atoms in total. The standard InChI is InChI=1S/C23H20FN3O7/c24-15-3-1-14(2-4-15)19-12-25-21(34-19)7-8-22(29)33-13-20(28)27-23(30)26-16-5-6-17-18(11-16)32-10-9-31-17/h1-6,11-12H,7-10,13H2,(H2,26,27,28,30). The van der Waals surface area contributed by atoms with Crippen molar-refractivity contribution >= 4 is 23.6 Å². The van der Waals surface area contributed by atoms with E-state index >= 15 is 0 Å². The summed E-state index contributed by atoms with van der Waals surface area (Å²) in [6.07, 6.45) is 1.54. The molecular weight excluding hydrogens is 449 g/mol. The molecule has 1 aliphatic rings. The van der Waals surface area contributed by atoms with E-state index < -0.39 is 24.5 Å². The Bertz CT molecular complexity index is 1190. The highest BCUT2D eigenvalue weighted by Crippen LogP contribution is 2.32. The van der Waals surface area contributed by atoms with Crippen molar-refractivity contribution in [3.05, 3.63) is 60.4 Å². The molecule has 0 spiro atoms. The number of carbonyl (C=O) groups excluding carboxylic acids is 3. The fraction of sp³-hybridized carbons (Fsp3) is 0.217. The first-order chi connectivity index (χ1) is 16.5. The number of aromatic nitrogens is 1. The van der Waals surface area contributed by atoms with Gasteiger partial charge in [0.15, 0.2) is 29.8 Å². The second-order valence-electron chi connectivity index (χ2n) is 7.15. The number of esters is 1. The number of urea groups is 1. The summed E-state index contributed by atoms with van der Waals surface area (Å²) in [5.41, 5.74) is 1.05. The third kappa shape index (κ3) is 6.09. The van der Waals surface area contributed by atoms with E-state index in [0.29, 0.717) is 47.6 Å². The Morgan fingerprint density at radius 2 is 1.79 bits per heavy atom. The van der Waals surface area contributed by atoms with Crippen molar-refractivity contribution in [2.24, 2.45) is 0 Å². The number of aryl methyl sites for hydroxylation is 1. The number of nitrogens with one attached hydrogen (secondary N) is 2. The van der Waals surface area contributed by atoms with Gasteiger partial charge in [-0.05, 0) is 36.4 Å². The lowest BCUT2D eigenvalue weighted by molar-refractivity contribution is -0.148. The average molecular weight is 469 g/mol. The highest BCUT2D eigenvalue weighted by molar-refractivity contribution is 6.02. The minimum absolute atomic E-state index is 0.0833. The van der Waals surface area contributed by atoms with Gasteiger partial charge in [-0.2, -0.15) is 0 Å². The van der Waals surface area contributed by atoms with Crippen molar-refractivity contribution in [3.63, 3.8) is 0 Å². The normalized spacial score (nSPS) is 12.0. The number of hydrogen-bond donors (Lipinski definition) is 2. The van der Waals surface area contributed by atoms with Crippen molar-refractivity contribution in [3.8, 4) is 22.8 Å². The Labute approximate surface area is 193 Å². The molecular formula is C23H20FN3O7. The summed E-state index contributed by atoms with van der Waals surface area (Å²) in [4.78, 5) is 39.9. The third-order valence-corrected chi connectivity index (χ3v) is 4.64. The summed E-state index contributed by atoms with van der Waals surface area (Å²) in [6, 6.07) is 9.74. The van der Waals surface area contributed by atoms with Crippen LogP contribution in [0.1, 0.15) is 12.3 Å². The van der Waals surface area contributed by atoms with E-state index in [-0.39, 0.29) is 18.7 Å². The Hall–Kier alpha value is -4.41. The van der Waals surface area contributed by atoms with Crippen molar-refractivity contribution < 1.29 is 37.4 Å². The van der Waals surface area contributed by atoms with Crippen LogP contribution in [0.4, 0.5) is 14.9 Å². The van der Waals surface area contributed by atoms with E-state index in [1.165, 1.54) is 18.3 Å². The average Bonchev–Trinajstić information content (AvgIpc) is 3.31. The number of halogens is 1. The molecule has 4 rings (SSSR count). The molecule has 11 heteroatoms. The molecule has 0 saturated heterocycles. The number of nitrogens with zero attached hydrogens (tertiary/aromatic N) is 1. The van der Waals surface area contributed by atoms with Crippen LogP contribution in [0, 0.1) is 5.82 Å². The van der Waals surface area contributed by atoms with Crippen LogP contribution in [-0.2, 0) is 20.7 Å². The van der Waals surface area contributed by atoms with Gasteiger partial charge in [-0.15, -0.1) is 0 Å². The van der Waals surface area contributed by atoms with Gasteiger partial charge in [0.1, 0.15) is 19.0 Å². The van der Waals surface area contributed by atoms with E-state index in [4.69, 9.17) is 18.6 Å². The minimum Gasteiger partial charge on any atom is -0.486 e. The van der Waals surface area contributed by atoms with Crippen LogP contribution in [-0.4, -0.2) is 42.7 Å². The summed E-state index contributed by atoms with van der Waals surface area (Å²) in [5, 5.41) is 4.55. The fourth-order valence-corrected chi connectivity index (χ4v) is 3.05. The summed E-state index contributed by atoms with van der Waals surface area (Å²) in [6.45, 7) is 0.222. The van der Waals surface area contributed by atoms with Gasteiger partial charge in [-0.25, -0.2) is 14.2 Å². The van der Waals surface area contributed by atoms with Gasteiger partial charge >= 0.3 is 12.0 Å². The van der Waals surface area contributed by atoms with Gasteiger partial charge in [-0.3, -0.25) is 14.9 Å². The van der Waals surface area contributed by atoms with Gasteiger partial charge in [0, 0.05) is 23.7 Å². The predicted molar refractivity (Wildman–Crippen MR) is 116 cm³/mol. The lowest BCUT2D eigenvalue weighted by atomic mass is 10.2. The van der Waals surface area contributed by atoms with E-state index in [0.717, 1.165) is 0 Å². The number of rotatable bonds is 7. The minimum atomic E-state index is -0.793. The Morgan fingerprint density at radius 3 is 2.59 bits per heavy atom. The van der Waals surface area contributed by atoms with Crippen molar-refractivity contribution in [1.29, 1.82) is 0 Å². The molecule has 0 fully saturated rings. The number of carbonyl (C=O) groups is 3. The van der Waals surface area contributed by atoms with Crippen molar-refractivity contribution in [2.45, 2.75) is 12.8 Å². The molecule has 34 heavy (non-hydrogen) atoms. The summed E-state index contributed by atoms with van der Waals surface area (Å²) >= 11 is 0. The van der Waals surface area contributed by atoms with E-state index in [1.807, 2.05) is 0 Å². The van der Waals surface area contributed by atoms with Crippen LogP contribution in [0.15, 0.2) is 53.1 Å². The number of fused-ring (bicyclic) bond motifs is 1. The number of anilines is 1. The van der Waals surface area contributed by atoms with Crippen LogP contribution in [0.25, 0.3) is 11.3 Å². The number of ether oxygens (including phenoxy) is 3. The lowest BCUT2D eigenvalue weighted by Crippen LogP contribution is -2.37. The molecule has 2 aromatic carbocycles. The van der Waals surface area contributed by atoms with Crippen molar-refractivity contribution in [2.75, 3.05) is 25.1 Å². The van der Waals surface area contributed by atoms with E-state index in [1.54, 1.807) is 30.3 Å². The summed E-state index contributed by atoms with van der Waals surface area (Å²) < 4.78 is 34.3. The van der Waals surface area contributed by atoms with Crippen LogP contribution < -0.4 is 20.1 Å². The molecule has 2 N–H and O–H groups in total. The van der Waals surface area contributed by atoms with E-state index in [9.17, 15) is 18.8 Å². The Kier molecular flexibility index (Phi) is 7.01. The zero-order valence-electron chi connectivity index (χ0n) is 17.8. The second-order valence-corrected chi connectivity index (χ2v) is 7.15. The highest BCUT2D eigenvalue weighted by Gasteiger charge is 2.15. The topological polar surface area (TPSA) is 129 Å². The van der Waals surface area contributed by atoms with Gasteiger partial charge in [0.2, 0.25) is 0 Å². The number of benzene rings is 2. The summed E-state index contributed by atoms with van der Waals surface area (Å²) in [5.74, 6) is -0.0406. The number of amides is 3. The zero-order valence-corrected chi connectivity index (χ0v) is 17.8. The van der Waals surface area contributed by atoms with Crippen LogP contribution in [0.5, 0.6) is 11.5 Å². The monoisotopic (exact) mass is 469 g/mol. The molecule has 3 aromatic rings. The van der Waals surface area contributed by atoms with Crippen LogP contribution in [0.3, 0.4) is 0 Å². The van der Waals surface area contributed by atoms with Crippen molar-refractivity contribution in [1.82, 2.24) is 10.3 Å². The Morgan fingerprint density at radius 1 is 1.03 bits per heavy atom. The molecule has 176 valence electrons. The predicted octanol–water partition coefficient (Wildman–Crippen LogP) is 3.08. The molecule has 1 aliphatic heterocycles. The first-order valence-corrected chi connectivity index (χ1v) is 10.3. The van der Waals surface area contributed by atoms with Crippen LogP contribution >= 0.6 is 0 Å². The van der Waals surface area contributed by atoms with Gasteiger partial charge in [-0.1, -0.05) is 0 Å². The van der Waals surface area contributed by atoms with Crippen LogP contribution in [0.2, 0.25) is 0 Å². The molecule has 0 bridgehead atoms. The third-order valence-electron chi connectivity index (χ3n) is 4.64. The molecule has 3 amide bonds. The molecule has 1 aromatic heterocycles. The van der Waals surface area contributed by atoms with E-state index in [2.05, 4.69) is 15.6 Å². The molecule has 0 atom stereocenters. The highest BCUT2D eigenvalue weighted by atomic mass is 19.1. The summed E-state index contributed by atoms with van der Waals surface area (Å²) in [7, 11) is 0. The molecule has 0 aliphatic carbocycles. The molecule has 0 saturated carbocycles. The molecule has 0 radical (unpaired) electrons. The SMILES string of the molecule is O=C(COC(=O)CCc1ncc(-c2ccc(F)cc2)o1)NC(=O)Nc1ccc2c(c1)OCCO2. The maximum absolute atomic E-state index is 13.0. The second kappa shape index (κ2) is 10.5. The number of oxazole rings is 1. The molecule has 2 heterocycles. The van der Waals surface area contributed by atoms with Gasteiger partial charge in [0.25, 0.3) is 5.91 Å². The smallest absolute Gasteiger partial charge is 0.325 e. The number of hydrogen-bond acceptors (Lipinski definition) is 8.